The highest BCUT2D eigenvalue weighted by Gasteiger charge is 2.54. The largest absolute Gasteiger partial charge is 0.325 e. The second-order valence-electron chi connectivity index (χ2n) is 9.28. The van der Waals surface area contributed by atoms with Crippen LogP contribution in [0.4, 0.5) is 4.79 Å². The average molecular weight is 357 g/mol. The maximum absolute atomic E-state index is 13.2. The highest BCUT2D eigenvalue weighted by atomic mass is 16.2. The van der Waals surface area contributed by atoms with Gasteiger partial charge in [0.15, 0.2) is 0 Å². The van der Waals surface area contributed by atoms with Crippen LogP contribution in [-0.2, 0) is 16.8 Å². The van der Waals surface area contributed by atoms with Crippen molar-refractivity contribution >= 4 is 11.9 Å². The fraction of sp³-hybridized carbons (Fsp3) is 0.636. The lowest BCUT2D eigenvalue weighted by Gasteiger charge is -2.36. The molecule has 142 valence electrons. The van der Waals surface area contributed by atoms with Gasteiger partial charge in [-0.15, -0.1) is 0 Å². The zero-order chi connectivity index (χ0) is 19.3. The first-order valence-corrected chi connectivity index (χ1v) is 9.81. The summed E-state index contributed by atoms with van der Waals surface area (Å²) in [6, 6.07) is 4.15. The lowest BCUT2D eigenvalue weighted by atomic mass is 9.73. The Balaban J connectivity index is 1.90. The monoisotopic (exact) mass is 356 g/mol. The molecule has 1 N–H and O–H groups in total. The first-order chi connectivity index (χ1) is 12.1. The van der Waals surface area contributed by atoms with Crippen molar-refractivity contribution in [1.82, 2.24) is 10.2 Å². The van der Waals surface area contributed by atoms with Gasteiger partial charge in [0.25, 0.3) is 5.91 Å². The van der Waals surface area contributed by atoms with Gasteiger partial charge < -0.3 is 5.32 Å². The van der Waals surface area contributed by atoms with Gasteiger partial charge in [-0.2, -0.15) is 0 Å². The fourth-order valence-corrected chi connectivity index (χ4v) is 4.47. The molecule has 1 spiro atoms. The normalized spacial score (nSPS) is 26.5. The molecule has 1 saturated heterocycles. The minimum Gasteiger partial charge on any atom is -0.323 e. The van der Waals surface area contributed by atoms with E-state index >= 15 is 0 Å². The number of carbonyl (C=O) groups is 2. The van der Waals surface area contributed by atoms with E-state index in [1.165, 1.54) is 10.5 Å². The quantitative estimate of drug-likeness (QED) is 0.787. The Morgan fingerprint density at radius 1 is 1.15 bits per heavy atom. The maximum atomic E-state index is 13.2. The third kappa shape index (κ3) is 3.04. The summed E-state index contributed by atoms with van der Waals surface area (Å²) in [5.74, 6) is 0.163. The van der Waals surface area contributed by atoms with Crippen LogP contribution in [0.25, 0.3) is 0 Å². The first-order valence-electron chi connectivity index (χ1n) is 9.81. The molecule has 1 saturated carbocycles. The van der Waals surface area contributed by atoms with Gasteiger partial charge in [-0.05, 0) is 60.3 Å². The van der Waals surface area contributed by atoms with E-state index in [4.69, 9.17) is 0 Å². The molecule has 3 rings (SSSR count). The molecular formula is C22H32N2O2. The van der Waals surface area contributed by atoms with Crippen LogP contribution < -0.4 is 5.32 Å². The number of urea groups is 1. The number of aryl methyl sites for hydroxylation is 2. The molecule has 1 heterocycles. The lowest BCUT2D eigenvalue weighted by Crippen LogP contribution is -2.53. The summed E-state index contributed by atoms with van der Waals surface area (Å²) < 4.78 is 0. The highest BCUT2D eigenvalue weighted by molar-refractivity contribution is 6.07. The van der Waals surface area contributed by atoms with E-state index < -0.39 is 5.54 Å². The summed E-state index contributed by atoms with van der Waals surface area (Å²) in [6.45, 7) is 13.2. The van der Waals surface area contributed by atoms with Gasteiger partial charge in [-0.3, -0.25) is 9.69 Å². The van der Waals surface area contributed by atoms with E-state index in [9.17, 15) is 9.59 Å². The predicted octanol–water partition coefficient (Wildman–Crippen LogP) is 4.60. The molecule has 2 aliphatic rings. The van der Waals surface area contributed by atoms with Crippen molar-refractivity contribution < 1.29 is 9.59 Å². The minimum absolute atomic E-state index is 0.0339. The van der Waals surface area contributed by atoms with Crippen molar-refractivity contribution in [2.24, 2.45) is 5.92 Å². The predicted molar refractivity (Wildman–Crippen MR) is 104 cm³/mol. The zero-order valence-corrected chi connectivity index (χ0v) is 17.0. The van der Waals surface area contributed by atoms with Gasteiger partial charge in [0.05, 0.1) is 6.54 Å². The van der Waals surface area contributed by atoms with Crippen LogP contribution in [0.3, 0.4) is 0 Å². The van der Waals surface area contributed by atoms with E-state index in [2.05, 4.69) is 59.0 Å². The highest BCUT2D eigenvalue weighted by Crippen LogP contribution is 2.39. The van der Waals surface area contributed by atoms with E-state index in [1.54, 1.807) is 0 Å². The Morgan fingerprint density at radius 2 is 1.77 bits per heavy atom. The number of rotatable bonds is 2. The summed E-state index contributed by atoms with van der Waals surface area (Å²) in [5, 5.41) is 3.05. The van der Waals surface area contributed by atoms with Gasteiger partial charge in [-0.1, -0.05) is 52.7 Å². The SMILES string of the molecule is Cc1cc(C(C)(C)C)cc(C)c1CN1C(=O)N[C@]2(CCCC[C@@H]2C)C1=O. The van der Waals surface area contributed by atoms with E-state index in [0.717, 1.165) is 42.4 Å². The van der Waals surface area contributed by atoms with Crippen LogP contribution in [0.5, 0.6) is 0 Å². The topological polar surface area (TPSA) is 49.4 Å². The van der Waals surface area contributed by atoms with E-state index in [1.807, 2.05) is 0 Å². The number of benzene rings is 1. The molecule has 0 bridgehead atoms. The fourth-order valence-electron chi connectivity index (χ4n) is 4.47. The number of hydrogen-bond acceptors (Lipinski definition) is 2. The molecule has 4 nitrogen and oxygen atoms in total. The molecule has 0 aromatic heterocycles. The minimum atomic E-state index is -0.678. The summed E-state index contributed by atoms with van der Waals surface area (Å²) in [4.78, 5) is 27.3. The smallest absolute Gasteiger partial charge is 0.323 e. The molecule has 2 fully saturated rings. The Labute approximate surface area is 157 Å². The maximum Gasteiger partial charge on any atom is 0.325 e. The second-order valence-corrected chi connectivity index (χ2v) is 9.28. The Hall–Kier alpha value is -1.84. The number of hydrogen-bond donors (Lipinski definition) is 1. The van der Waals surface area contributed by atoms with Crippen LogP contribution >= 0.6 is 0 Å². The van der Waals surface area contributed by atoms with E-state index in [-0.39, 0.29) is 23.3 Å². The van der Waals surface area contributed by atoms with Gasteiger partial charge in [0, 0.05) is 0 Å². The average Bonchev–Trinajstić information content (AvgIpc) is 2.77. The number of nitrogens with one attached hydrogen (secondary N) is 1. The molecule has 1 aliphatic heterocycles. The standard InChI is InChI=1S/C22H32N2O2/c1-14-11-17(21(4,5)6)12-15(2)18(14)13-24-19(25)22(23-20(24)26)10-8-7-9-16(22)3/h11-12,16H,7-10,13H2,1-6H3,(H,23,26)/t16-,22-/m0/s1. The molecule has 0 radical (unpaired) electrons. The van der Waals surface area contributed by atoms with Crippen molar-refractivity contribution in [3.63, 3.8) is 0 Å². The van der Waals surface area contributed by atoms with Crippen LogP contribution in [0, 0.1) is 19.8 Å². The van der Waals surface area contributed by atoms with Crippen LogP contribution in [0.1, 0.15) is 75.6 Å². The Bertz CT molecular complexity index is 724. The van der Waals surface area contributed by atoms with Crippen molar-refractivity contribution in [1.29, 1.82) is 0 Å². The summed E-state index contributed by atoms with van der Waals surface area (Å²) >= 11 is 0. The van der Waals surface area contributed by atoms with Crippen molar-refractivity contribution in [2.75, 3.05) is 0 Å². The second kappa shape index (κ2) is 6.40. The summed E-state index contributed by atoms with van der Waals surface area (Å²) in [6.07, 6.45) is 3.90. The Morgan fingerprint density at radius 3 is 2.31 bits per heavy atom. The van der Waals surface area contributed by atoms with Gasteiger partial charge >= 0.3 is 6.03 Å². The Kier molecular flexibility index (Phi) is 4.66. The van der Waals surface area contributed by atoms with Crippen molar-refractivity contribution in [2.45, 2.75) is 84.7 Å². The third-order valence-corrected chi connectivity index (χ3v) is 6.38. The first kappa shape index (κ1) is 18.9. The molecule has 1 aromatic rings. The van der Waals surface area contributed by atoms with Gasteiger partial charge in [0.1, 0.15) is 5.54 Å². The van der Waals surface area contributed by atoms with Crippen LogP contribution in [0.15, 0.2) is 12.1 Å². The number of imide groups is 1. The molecular weight excluding hydrogens is 324 g/mol. The summed E-state index contributed by atoms with van der Waals surface area (Å²) in [7, 11) is 0. The van der Waals surface area contributed by atoms with Gasteiger partial charge in [0.2, 0.25) is 0 Å². The van der Waals surface area contributed by atoms with Crippen LogP contribution in [-0.4, -0.2) is 22.4 Å². The lowest BCUT2D eigenvalue weighted by molar-refractivity contribution is -0.134. The van der Waals surface area contributed by atoms with E-state index in [0.29, 0.717) is 6.54 Å². The molecule has 4 heteroatoms. The molecule has 1 aromatic carbocycles. The van der Waals surface area contributed by atoms with Gasteiger partial charge in [-0.25, -0.2) is 4.79 Å². The van der Waals surface area contributed by atoms with Crippen molar-refractivity contribution in [3.05, 3.63) is 34.4 Å². The molecule has 1 aliphatic carbocycles. The number of carbonyl (C=O) groups excluding carboxylic acids is 2. The molecule has 26 heavy (non-hydrogen) atoms. The van der Waals surface area contributed by atoms with Crippen LogP contribution in [0.2, 0.25) is 0 Å². The number of amides is 3. The third-order valence-electron chi connectivity index (χ3n) is 6.38. The molecule has 3 amide bonds. The summed E-state index contributed by atoms with van der Waals surface area (Å²) in [5.41, 5.74) is 4.06. The molecule has 0 unspecified atom stereocenters. The molecule has 2 atom stereocenters. The number of nitrogens with zero attached hydrogens (tertiary/aromatic N) is 1. The van der Waals surface area contributed by atoms with Crippen molar-refractivity contribution in [3.8, 4) is 0 Å². The zero-order valence-electron chi connectivity index (χ0n) is 17.0.